The van der Waals surface area contributed by atoms with Gasteiger partial charge in [-0.05, 0) is 67.0 Å². The van der Waals surface area contributed by atoms with Crippen molar-refractivity contribution in [3.63, 3.8) is 0 Å². The minimum absolute atomic E-state index is 0.165. The first-order chi connectivity index (χ1) is 14.0. The van der Waals surface area contributed by atoms with Crippen LogP contribution in [0.1, 0.15) is 45.8 Å². The Morgan fingerprint density at radius 3 is 2.76 bits per heavy atom. The molecule has 4 heteroatoms. The number of aliphatic hydroxyl groups is 1. The lowest BCUT2D eigenvalue weighted by molar-refractivity contribution is -0.134. The maximum atomic E-state index is 11.3. The van der Waals surface area contributed by atoms with Crippen molar-refractivity contribution in [1.82, 2.24) is 4.90 Å². The van der Waals surface area contributed by atoms with Crippen LogP contribution in [-0.4, -0.2) is 42.8 Å². The molecule has 0 aliphatic heterocycles. The van der Waals surface area contributed by atoms with Gasteiger partial charge in [-0.3, -0.25) is 4.90 Å². The van der Waals surface area contributed by atoms with E-state index in [1.54, 1.807) is 6.08 Å². The highest BCUT2D eigenvalue weighted by molar-refractivity contribution is 5.86. The third-order valence-corrected chi connectivity index (χ3v) is 5.82. The highest BCUT2D eigenvalue weighted by Gasteiger charge is 2.27. The summed E-state index contributed by atoms with van der Waals surface area (Å²) >= 11 is 0. The topological polar surface area (TPSA) is 49.8 Å². The Kier molecular flexibility index (Phi) is 7.24. The van der Waals surface area contributed by atoms with Crippen LogP contribution in [0.5, 0.6) is 0 Å². The van der Waals surface area contributed by atoms with Crippen molar-refractivity contribution < 1.29 is 14.6 Å². The van der Waals surface area contributed by atoms with E-state index < -0.39 is 0 Å². The van der Waals surface area contributed by atoms with Gasteiger partial charge in [0, 0.05) is 25.2 Å². The molecule has 1 N–H and O–H groups in total. The molecule has 3 rings (SSSR count). The molecular formula is C25H31NO3. The molecule has 0 heterocycles. The van der Waals surface area contributed by atoms with Crippen LogP contribution >= 0.6 is 0 Å². The fourth-order valence-electron chi connectivity index (χ4n) is 4.27. The number of rotatable bonds is 8. The van der Waals surface area contributed by atoms with Crippen LogP contribution in [0.25, 0.3) is 6.08 Å². The van der Waals surface area contributed by atoms with Gasteiger partial charge in [-0.25, -0.2) is 4.79 Å². The molecule has 0 bridgehead atoms. The van der Waals surface area contributed by atoms with Crippen LogP contribution in [-0.2, 0) is 22.4 Å². The number of esters is 1. The molecule has 0 saturated heterocycles. The van der Waals surface area contributed by atoms with Gasteiger partial charge in [0.1, 0.15) is 0 Å². The van der Waals surface area contributed by atoms with Crippen molar-refractivity contribution in [3.05, 3.63) is 75.9 Å². The Morgan fingerprint density at radius 1 is 1.21 bits per heavy atom. The molecule has 1 aliphatic carbocycles. The number of carbonyl (C=O) groups is 1. The average molecular weight is 394 g/mol. The van der Waals surface area contributed by atoms with Crippen LogP contribution in [0.3, 0.4) is 0 Å². The number of hydrogen-bond donors (Lipinski definition) is 1. The smallest absolute Gasteiger partial charge is 0.330 e. The first-order valence-electron chi connectivity index (χ1n) is 10.3. The van der Waals surface area contributed by atoms with Crippen LogP contribution < -0.4 is 0 Å². The molecule has 0 amide bonds. The normalized spacial score (nSPS) is 15.8. The lowest BCUT2D eigenvalue weighted by Crippen LogP contribution is -2.32. The lowest BCUT2D eigenvalue weighted by Gasteiger charge is -2.29. The SMILES string of the molecule is COC(=O)/C=C/c1ccc2c(c1)CCC2N(CCO)CCc1ccc(C)cc1C. The lowest BCUT2D eigenvalue weighted by atomic mass is 10.0. The second-order valence-corrected chi connectivity index (χ2v) is 7.81. The van der Waals surface area contributed by atoms with Crippen molar-refractivity contribution in [2.24, 2.45) is 0 Å². The van der Waals surface area contributed by atoms with E-state index in [9.17, 15) is 9.90 Å². The van der Waals surface area contributed by atoms with Gasteiger partial charge in [0.15, 0.2) is 0 Å². The van der Waals surface area contributed by atoms with Crippen molar-refractivity contribution in [3.8, 4) is 0 Å². The minimum atomic E-state index is -0.344. The number of ether oxygens (including phenoxy) is 1. The number of methoxy groups -OCH3 is 1. The summed E-state index contributed by atoms with van der Waals surface area (Å²) in [6, 6.07) is 13.4. The predicted molar refractivity (Wildman–Crippen MR) is 117 cm³/mol. The second-order valence-electron chi connectivity index (χ2n) is 7.81. The molecule has 0 radical (unpaired) electrons. The molecular weight excluding hydrogens is 362 g/mol. The summed E-state index contributed by atoms with van der Waals surface area (Å²) in [6.07, 6.45) is 6.32. The summed E-state index contributed by atoms with van der Waals surface area (Å²) in [5.41, 5.74) is 7.69. The maximum absolute atomic E-state index is 11.3. The molecule has 0 fully saturated rings. The highest BCUT2D eigenvalue weighted by Crippen LogP contribution is 2.36. The summed E-state index contributed by atoms with van der Waals surface area (Å²) in [4.78, 5) is 13.7. The first kappa shape index (κ1) is 21.3. The van der Waals surface area contributed by atoms with Crippen LogP contribution in [0.4, 0.5) is 0 Å². The van der Waals surface area contributed by atoms with Crippen LogP contribution in [0, 0.1) is 13.8 Å². The van der Waals surface area contributed by atoms with Gasteiger partial charge >= 0.3 is 5.97 Å². The van der Waals surface area contributed by atoms with Crippen LogP contribution in [0.15, 0.2) is 42.5 Å². The molecule has 0 spiro atoms. The Labute approximate surface area is 173 Å². The van der Waals surface area contributed by atoms with Gasteiger partial charge in [-0.1, -0.05) is 42.0 Å². The average Bonchev–Trinajstić information content (AvgIpc) is 3.13. The van der Waals surface area contributed by atoms with E-state index in [0.29, 0.717) is 12.6 Å². The van der Waals surface area contributed by atoms with E-state index in [1.807, 2.05) is 0 Å². The van der Waals surface area contributed by atoms with Crippen molar-refractivity contribution in [2.75, 3.05) is 26.8 Å². The van der Waals surface area contributed by atoms with E-state index in [4.69, 9.17) is 0 Å². The molecule has 1 aliphatic rings. The van der Waals surface area contributed by atoms with Gasteiger partial charge in [-0.15, -0.1) is 0 Å². The standard InChI is InChI=1S/C25H31NO3/c1-18-4-7-21(19(2)16-18)12-13-26(14-15-27)24-10-8-22-17-20(5-9-23(22)24)6-11-25(28)29-3/h4-7,9,11,16-17,24,27H,8,10,12-15H2,1-3H3/b11-6+. The number of nitrogens with zero attached hydrogens (tertiary/aromatic N) is 1. The fraction of sp³-hybridized carbons (Fsp3) is 0.400. The highest BCUT2D eigenvalue weighted by atomic mass is 16.5. The zero-order chi connectivity index (χ0) is 20.8. The zero-order valence-corrected chi connectivity index (χ0v) is 17.6. The number of carbonyl (C=O) groups excluding carboxylic acids is 1. The Balaban J connectivity index is 1.73. The summed E-state index contributed by atoms with van der Waals surface area (Å²) in [6.45, 7) is 6.07. The van der Waals surface area contributed by atoms with Gasteiger partial charge < -0.3 is 9.84 Å². The van der Waals surface area contributed by atoms with E-state index in [1.165, 1.54) is 41.0 Å². The molecule has 1 atom stereocenters. The summed E-state index contributed by atoms with van der Waals surface area (Å²) in [5, 5.41) is 9.63. The number of benzene rings is 2. The summed E-state index contributed by atoms with van der Waals surface area (Å²) < 4.78 is 4.66. The summed E-state index contributed by atoms with van der Waals surface area (Å²) in [5.74, 6) is -0.344. The van der Waals surface area contributed by atoms with E-state index >= 15 is 0 Å². The largest absolute Gasteiger partial charge is 0.466 e. The molecule has 4 nitrogen and oxygen atoms in total. The van der Waals surface area contributed by atoms with E-state index in [0.717, 1.165) is 31.4 Å². The number of aryl methyl sites for hydroxylation is 3. The molecule has 0 aromatic heterocycles. The number of fused-ring (bicyclic) bond motifs is 1. The quantitative estimate of drug-likeness (QED) is 0.544. The van der Waals surface area contributed by atoms with Gasteiger partial charge in [0.05, 0.1) is 13.7 Å². The minimum Gasteiger partial charge on any atom is -0.466 e. The summed E-state index contributed by atoms with van der Waals surface area (Å²) in [7, 11) is 1.38. The molecule has 2 aromatic carbocycles. The van der Waals surface area contributed by atoms with E-state index in [2.05, 4.69) is 59.9 Å². The Bertz CT molecular complexity index is 888. The molecule has 1 unspecified atom stereocenters. The van der Waals surface area contributed by atoms with Crippen molar-refractivity contribution in [1.29, 1.82) is 0 Å². The number of aliphatic hydroxyl groups excluding tert-OH is 1. The maximum Gasteiger partial charge on any atom is 0.330 e. The fourth-order valence-corrected chi connectivity index (χ4v) is 4.27. The third-order valence-electron chi connectivity index (χ3n) is 5.82. The molecule has 2 aromatic rings. The Hall–Kier alpha value is -2.43. The van der Waals surface area contributed by atoms with Gasteiger partial charge in [0.25, 0.3) is 0 Å². The molecule has 154 valence electrons. The molecule has 0 saturated carbocycles. The predicted octanol–water partition coefficient (Wildman–Crippen LogP) is 4.01. The van der Waals surface area contributed by atoms with Crippen molar-refractivity contribution in [2.45, 2.75) is 39.2 Å². The molecule has 29 heavy (non-hydrogen) atoms. The van der Waals surface area contributed by atoms with Gasteiger partial charge in [0.2, 0.25) is 0 Å². The third kappa shape index (κ3) is 5.34. The van der Waals surface area contributed by atoms with Crippen LogP contribution in [0.2, 0.25) is 0 Å². The van der Waals surface area contributed by atoms with Crippen molar-refractivity contribution >= 4 is 12.0 Å². The van der Waals surface area contributed by atoms with E-state index in [-0.39, 0.29) is 12.6 Å². The second kappa shape index (κ2) is 9.86. The Morgan fingerprint density at radius 2 is 2.03 bits per heavy atom. The first-order valence-corrected chi connectivity index (χ1v) is 10.3. The monoisotopic (exact) mass is 393 g/mol. The zero-order valence-electron chi connectivity index (χ0n) is 17.6. The number of hydrogen-bond acceptors (Lipinski definition) is 4. The van der Waals surface area contributed by atoms with Gasteiger partial charge in [-0.2, -0.15) is 0 Å².